The molecule has 0 saturated carbocycles. The average Bonchev–Trinajstić information content (AvgIpc) is 2.45. The van der Waals surface area contributed by atoms with Crippen LogP contribution in [-0.4, -0.2) is 38.2 Å². The molecule has 1 amide bonds. The molecule has 0 radical (unpaired) electrons. The van der Waals surface area contributed by atoms with Crippen LogP contribution in [-0.2, 0) is 14.6 Å². The standard InChI is InChI=1S/C10H18N2O3S/c1-4-11-10(2,3)9(13)12-8-5-6-16(14,15)7-8/h5-6,8,11H,4,7H2,1-3H3,(H,12,13). The molecule has 0 aromatic rings. The maximum absolute atomic E-state index is 11.8. The van der Waals surface area contributed by atoms with Crippen molar-refractivity contribution in [2.75, 3.05) is 12.3 Å². The summed E-state index contributed by atoms with van der Waals surface area (Å²) in [4.78, 5) is 11.8. The molecule has 0 saturated heterocycles. The van der Waals surface area contributed by atoms with Crippen LogP contribution in [0.25, 0.3) is 0 Å². The summed E-state index contributed by atoms with van der Waals surface area (Å²) < 4.78 is 22.3. The van der Waals surface area contributed by atoms with Gasteiger partial charge in [-0.15, -0.1) is 0 Å². The first-order valence-electron chi connectivity index (χ1n) is 5.24. The molecule has 1 aliphatic rings. The van der Waals surface area contributed by atoms with Gasteiger partial charge in [0.1, 0.15) is 0 Å². The van der Waals surface area contributed by atoms with Crippen molar-refractivity contribution in [2.24, 2.45) is 0 Å². The van der Waals surface area contributed by atoms with Crippen molar-refractivity contribution in [1.82, 2.24) is 10.6 Å². The molecule has 0 aromatic heterocycles. The van der Waals surface area contributed by atoms with Gasteiger partial charge in [0.25, 0.3) is 0 Å². The molecule has 0 fully saturated rings. The van der Waals surface area contributed by atoms with Crippen molar-refractivity contribution in [2.45, 2.75) is 32.4 Å². The van der Waals surface area contributed by atoms with E-state index in [-0.39, 0.29) is 11.7 Å². The third kappa shape index (κ3) is 3.31. The fourth-order valence-corrected chi connectivity index (χ4v) is 2.77. The Kier molecular flexibility index (Phi) is 3.75. The molecule has 2 N–H and O–H groups in total. The third-order valence-corrected chi connectivity index (χ3v) is 3.83. The Balaban J connectivity index is 2.57. The fraction of sp³-hybridized carbons (Fsp3) is 0.700. The number of sulfone groups is 1. The summed E-state index contributed by atoms with van der Waals surface area (Å²) in [6.07, 6.45) is 1.51. The number of carbonyl (C=O) groups is 1. The predicted octanol–water partition coefficient (Wildman–Crippen LogP) is -0.199. The topological polar surface area (TPSA) is 75.3 Å². The van der Waals surface area contributed by atoms with Crippen molar-refractivity contribution in [1.29, 1.82) is 0 Å². The zero-order valence-corrected chi connectivity index (χ0v) is 10.6. The van der Waals surface area contributed by atoms with E-state index in [1.54, 1.807) is 13.8 Å². The van der Waals surface area contributed by atoms with E-state index in [9.17, 15) is 13.2 Å². The summed E-state index contributed by atoms with van der Waals surface area (Å²) in [5, 5.41) is 6.87. The van der Waals surface area contributed by atoms with E-state index >= 15 is 0 Å². The Morgan fingerprint density at radius 2 is 2.12 bits per heavy atom. The van der Waals surface area contributed by atoms with E-state index in [0.717, 1.165) is 5.41 Å². The highest BCUT2D eigenvalue weighted by Gasteiger charge is 2.30. The summed E-state index contributed by atoms with van der Waals surface area (Å²) in [6.45, 7) is 6.12. The number of carbonyl (C=O) groups excluding carboxylic acids is 1. The van der Waals surface area contributed by atoms with Crippen LogP contribution in [0.1, 0.15) is 20.8 Å². The Bertz CT molecular complexity index is 398. The normalized spacial score (nSPS) is 23.3. The van der Waals surface area contributed by atoms with Crippen LogP contribution < -0.4 is 10.6 Å². The summed E-state index contributed by atoms with van der Waals surface area (Å²) in [5.74, 6) is -0.234. The highest BCUT2D eigenvalue weighted by Crippen LogP contribution is 2.10. The second kappa shape index (κ2) is 4.55. The van der Waals surface area contributed by atoms with Gasteiger partial charge in [-0.3, -0.25) is 4.79 Å². The molecule has 1 rings (SSSR count). The maximum atomic E-state index is 11.8. The lowest BCUT2D eigenvalue weighted by Crippen LogP contribution is -2.55. The van der Waals surface area contributed by atoms with E-state index in [1.165, 1.54) is 6.08 Å². The maximum Gasteiger partial charge on any atom is 0.240 e. The van der Waals surface area contributed by atoms with Crippen LogP contribution in [0.2, 0.25) is 0 Å². The lowest BCUT2D eigenvalue weighted by Gasteiger charge is -2.25. The van der Waals surface area contributed by atoms with Gasteiger partial charge >= 0.3 is 0 Å². The Labute approximate surface area is 96.2 Å². The van der Waals surface area contributed by atoms with E-state index in [2.05, 4.69) is 10.6 Å². The van der Waals surface area contributed by atoms with Gasteiger partial charge in [0.2, 0.25) is 5.91 Å². The smallest absolute Gasteiger partial charge is 0.240 e. The SMILES string of the molecule is CCNC(C)(C)C(=O)NC1C=CS(=O)(=O)C1. The molecule has 1 aliphatic heterocycles. The molecule has 1 heterocycles. The molecular weight excluding hydrogens is 228 g/mol. The lowest BCUT2D eigenvalue weighted by atomic mass is 10.0. The van der Waals surface area contributed by atoms with Gasteiger partial charge < -0.3 is 10.6 Å². The van der Waals surface area contributed by atoms with E-state index in [0.29, 0.717) is 6.54 Å². The largest absolute Gasteiger partial charge is 0.347 e. The number of rotatable bonds is 4. The van der Waals surface area contributed by atoms with Gasteiger partial charge in [-0.2, -0.15) is 0 Å². The molecule has 5 nitrogen and oxygen atoms in total. The van der Waals surface area contributed by atoms with Crippen LogP contribution in [0, 0.1) is 0 Å². The molecule has 0 spiro atoms. The monoisotopic (exact) mass is 246 g/mol. The third-order valence-electron chi connectivity index (χ3n) is 2.43. The Morgan fingerprint density at radius 3 is 2.56 bits per heavy atom. The van der Waals surface area contributed by atoms with Gasteiger partial charge in [0.15, 0.2) is 9.84 Å². The summed E-state index contributed by atoms with van der Waals surface area (Å²) >= 11 is 0. The van der Waals surface area contributed by atoms with Gasteiger partial charge in [-0.1, -0.05) is 6.92 Å². The molecule has 1 atom stereocenters. The highest BCUT2D eigenvalue weighted by atomic mass is 32.2. The number of hydrogen-bond donors (Lipinski definition) is 2. The van der Waals surface area contributed by atoms with Crippen LogP contribution in [0.3, 0.4) is 0 Å². The lowest BCUT2D eigenvalue weighted by molar-refractivity contribution is -0.126. The van der Waals surface area contributed by atoms with Crippen LogP contribution in [0.4, 0.5) is 0 Å². The zero-order valence-electron chi connectivity index (χ0n) is 9.78. The number of nitrogens with one attached hydrogen (secondary N) is 2. The molecule has 6 heteroatoms. The van der Waals surface area contributed by atoms with E-state index in [1.807, 2.05) is 6.92 Å². The molecule has 92 valence electrons. The summed E-state index contributed by atoms with van der Waals surface area (Å²) in [7, 11) is -3.11. The first kappa shape index (κ1) is 13.2. The van der Waals surface area contributed by atoms with Crippen molar-refractivity contribution >= 4 is 15.7 Å². The quantitative estimate of drug-likeness (QED) is 0.720. The second-order valence-electron chi connectivity index (χ2n) is 4.39. The fourth-order valence-electron chi connectivity index (χ4n) is 1.54. The average molecular weight is 246 g/mol. The minimum atomic E-state index is -3.11. The van der Waals surface area contributed by atoms with Gasteiger partial charge in [-0.25, -0.2) is 8.42 Å². The zero-order chi connectivity index (χ0) is 12.4. The highest BCUT2D eigenvalue weighted by molar-refractivity contribution is 7.94. The Morgan fingerprint density at radius 1 is 1.50 bits per heavy atom. The molecular formula is C10H18N2O3S. The number of amides is 1. The molecule has 0 aliphatic carbocycles. The molecule has 0 bridgehead atoms. The van der Waals surface area contributed by atoms with Crippen molar-refractivity contribution in [3.8, 4) is 0 Å². The van der Waals surface area contributed by atoms with E-state index < -0.39 is 21.4 Å². The number of hydrogen-bond acceptors (Lipinski definition) is 4. The van der Waals surface area contributed by atoms with Gasteiger partial charge in [0, 0.05) is 5.41 Å². The Hall–Kier alpha value is -0.880. The van der Waals surface area contributed by atoms with Gasteiger partial charge in [0.05, 0.1) is 17.3 Å². The van der Waals surface area contributed by atoms with Crippen LogP contribution in [0.15, 0.2) is 11.5 Å². The summed E-state index contributed by atoms with van der Waals surface area (Å²) in [5.41, 5.74) is -0.686. The second-order valence-corrected chi connectivity index (χ2v) is 6.32. The van der Waals surface area contributed by atoms with E-state index in [4.69, 9.17) is 0 Å². The van der Waals surface area contributed by atoms with Crippen molar-refractivity contribution in [3.05, 3.63) is 11.5 Å². The first-order chi connectivity index (χ1) is 7.27. The molecule has 16 heavy (non-hydrogen) atoms. The van der Waals surface area contributed by atoms with Crippen LogP contribution in [0.5, 0.6) is 0 Å². The first-order valence-corrected chi connectivity index (χ1v) is 6.95. The number of likely N-dealkylation sites (N-methyl/N-ethyl adjacent to an activating group) is 1. The molecule has 1 unspecified atom stereocenters. The minimum absolute atomic E-state index is 0.0407. The van der Waals surface area contributed by atoms with Crippen LogP contribution >= 0.6 is 0 Å². The van der Waals surface area contributed by atoms with Crippen molar-refractivity contribution in [3.63, 3.8) is 0 Å². The minimum Gasteiger partial charge on any atom is -0.347 e. The molecule has 0 aromatic carbocycles. The predicted molar refractivity (Wildman–Crippen MR) is 62.6 cm³/mol. The van der Waals surface area contributed by atoms with Crippen molar-refractivity contribution < 1.29 is 13.2 Å². The summed E-state index contributed by atoms with van der Waals surface area (Å²) in [6, 6.07) is -0.407. The van der Waals surface area contributed by atoms with Gasteiger partial charge in [-0.05, 0) is 26.5 Å².